The molecule has 5 nitrogen and oxygen atoms in total. The molecule has 0 spiro atoms. The monoisotopic (exact) mass is 387 g/mol. The SMILES string of the molecule is Ic1ccc2nc(-c3ccc(-n4ccnc4)nc3)cn2c1. The summed E-state index contributed by atoms with van der Waals surface area (Å²) in [4.78, 5) is 13.1. The largest absolute Gasteiger partial charge is 0.305 e. The molecule has 102 valence electrons. The van der Waals surface area contributed by atoms with Crippen LogP contribution in [0.2, 0.25) is 0 Å². The fourth-order valence-corrected chi connectivity index (χ4v) is 2.67. The highest BCUT2D eigenvalue weighted by atomic mass is 127. The maximum Gasteiger partial charge on any atom is 0.137 e. The molecule has 0 aromatic carbocycles. The van der Waals surface area contributed by atoms with E-state index in [0.717, 1.165) is 22.7 Å². The zero-order valence-corrected chi connectivity index (χ0v) is 13.0. The molecular formula is C15H10IN5. The van der Waals surface area contributed by atoms with Gasteiger partial charge in [0.25, 0.3) is 0 Å². The van der Waals surface area contributed by atoms with Crippen LogP contribution < -0.4 is 0 Å². The number of halogens is 1. The standard InChI is InChI=1S/C15H10IN5/c16-12-2-4-15-19-13(9-21(15)8-12)11-1-3-14(18-7-11)20-6-5-17-10-20/h1-10H. The molecule has 0 saturated heterocycles. The zero-order valence-electron chi connectivity index (χ0n) is 10.9. The van der Waals surface area contributed by atoms with Crippen LogP contribution in [-0.4, -0.2) is 23.9 Å². The topological polar surface area (TPSA) is 48.0 Å². The Bertz CT molecular complexity index is 894. The molecule has 0 aliphatic rings. The van der Waals surface area contributed by atoms with Gasteiger partial charge in [0.1, 0.15) is 17.8 Å². The highest BCUT2D eigenvalue weighted by Crippen LogP contribution is 2.20. The molecule has 4 aromatic rings. The Morgan fingerprint density at radius 2 is 2.00 bits per heavy atom. The van der Waals surface area contributed by atoms with Gasteiger partial charge >= 0.3 is 0 Å². The molecule has 4 aromatic heterocycles. The first-order valence-electron chi connectivity index (χ1n) is 6.39. The fourth-order valence-electron chi connectivity index (χ4n) is 2.19. The van der Waals surface area contributed by atoms with Gasteiger partial charge in [-0.1, -0.05) is 0 Å². The lowest BCUT2D eigenvalue weighted by molar-refractivity contribution is 0.993. The summed E-state index contributed by atoms with van der Waals surface area (Å²) in [5.41, 5.74) is 2.85. The molecule has 0 amide bonds. The lowest BCUT2D eigenvalue weighted by Crippen LogP contribution is -1.93. The summed E-state index contributed by atoms with van der Waals surface area (Å²) in [6, 6.07) is 8.05. The van der Waals surface area contributed by atoms with Gasteiger partial charge in [-0.05, 0) is 46.9 Å². The quantitative estimate of drug-likeness (QED) is 0.497. The number of hydrogen-bond acceptors (Lipinski definition) is 3. The van der Waals surface area contributed by atoms with Crippen molar-refractivity contribution in [3.63, 3.8) is 0 Å². The van der Waals surface area contributed by atoms with E-state index in [4.69, 9.17) is 0 Å². The first-order chi connectivity index (χ1) is 10.3. The van der Waals surface area contributed by atoms with Crippen molar-refractivity contribution in [2.45, 2.75) is 0 Å². The second kappa shape index (κ2) is 4.96. The van der Waals surface area contributed by atoms with Gasteiger partial charge in [0.2, 0.25) is 0 Å². The Morgan fingerprint density at radius 1 is 1.05 bits per heavy atom. The van der Waals surface area contributed by atoms with Gasteiger partial charge in [0.15, 0.2) is 0 Å². The zero-order chi connectivity index (χ0) is 14.2. The molecule has 4 heterocycles. The number of hydrogen-bond donors (Lipinski definition) is 0. The van der Waals surface area contributed by atoms with Crippen molar-refractivity contribution in [2.75, 3.05) is 0 Å². The van der Waals surface area contributed by atoms with Crippen LogP contribution in [0.5, 0.6) is 0 Å². The summed E-state index contributed by atoms with van der Waals surface area (Å²) in [6.45, 7) is 0. The van der Waals surface area contributed by atoms with E-state index >= 15 is 0 Å². The molecule has 0 aliphatic heterocycles. The number of aromatic nitrogens is 5. The Balaban J connectivity index is 1.74. The molecule has 0 aliphatic carbocycles. The number of nitrogens with zero attached hydrogens (tertiary/aromatic N) is 5. The van der Waals surface area contributed by atoms with Crippen LogP contribution in [0.3, 0.4) is 0 Å². The number of fused-ring (bicyclic) bond motifs is 1. The number of rotatable bonds is 2. The maximum absolute atomic E-state index is 4.62. The molecule has 0 saturated carbocycles. The van der Waals surface area contributed by atoms with Crippen molar-refractivity contribution in [3.05, 3.63) is 65.1 Å². The fraction of sp³-hybridized carbons (Fsp3) is 0. The van der Waals surface area contributed by atoms with Gasteiger partial charge in [-0.25, -0.2) is 15.0 Å². The second-order valence-electron chi connectivity index (χ2n) is 4.61. The molecule has 6 heteroatoms. The third kappa shape index (κ3) is 2.31. The molecule has 0 atom stereocenters. The molecule has 4 rings (SSSR count). The van der Waals surface area contributed by atoms with Crippen molar-refractivity contribution >= 4 is 28.2 Å². The molecular weight excluding hydrogens is 377 g/mol. The summed E-state index contributed by atoms with van der Waals surface area (Å²) < 4.78 is 5.08. The predicted molar refractivity (Wildman–Crippen MR) is 88.3 cm³/mol. The van der Waals surface area contributed by atoms with Gasteiger partial charge in [-0.3, -0.25) is 4.57 Å². The first-order valence-corrected chi connectivity index (χ1v) is 7.46. The average Bonchev–Trinajstić information content (AvgIpc) is 3.16. The van der Waals surface area contributed by atoms with E-state index in [-0.39, 0.29) is 0 Å². The third-order valence-corrected chi connectivity index (χ3v) is 3.87. The van der Waals surface area contributed by atoms with Crippen LogP contribution in [0.15, 0.2) is 61.6 Å². The maximum atomic E-state index is 4.62. The van der Waals surface area contributed by atoms with Crippen LogP contribution in [-0.2, 0) is 0 Å². The first kappa shape index (κ1) is 12.5. The van der Waals surface area contributed by atoms with E-state index in [1.807, 2.05) is 51.8 Å². The number of imidazole rings is 2. The summed E-state index contributed by atoms with van der Waals surface area (Å²) in [7, 11) is 0. The summed E-state index contributed by atoms with van der Waals surface area (Å²) in [5.74, 6) is 0.842. The van der Waals surface area contributed by atoms with Crippen molar-refractivity contribution in [2.24, 2.45) is 0 Å². The van der Waals surface area contributed by atoms with E-state index < -0.39 is 0 Å². The van der Waals surface area contributed by atoms with Gasteiger partial charge in [0.05, 0.1) is 5.69 Å². The Hall–Kier alpha value is -2.22. The average molecular weight is 387 g/mol. The van der Waals surface area contributed by atoms with Crippen LogP contribution in [0.4, 0.5) is 0 Å². The van der Waals surface area contributed by atoms with Crippen LogP contribution >= 0.6 is 22.6 Å². The Kier molecular flexibility index (Phi) is 2.95. The van der Waals surface area contributed by atoms with Crippen molar-refractivity contribution in [1.29, 1.82) is 0 Å². The summed E-state index contributed by atoms with van der Waals surface area (Å²) in [6.07, 6.45) is 11.2. The molecule has 21 heavy (non-hydrogen) atoms. The lowest BCUT2D eigenvalue weighted by Gasteiger charge is -2.01. The van der Waals surface area contributed by atoms with Crippen LogP contribution in [0.1, 0.15) is 0 Å². The molecule has 0 radical (unpaired) electrons. The molecule has 0 bridgehead atoms. The highest BCUT2D eigenvalue weighted by Gasteiger charge is 2.06. The van der Waals surface area contributed by atoms with E-state index in [9.17, 15) is 0 Å². The van der Waals surface area contributed by atoms with Crippen LogP contribution in [0, 0.1) is 3.57 Å². The van der Waals surface area contributed by atoms with Crippen molar-refractivity contribution in [3.8, 4) is 17.1 Å². The normalized spacial score (nSPS) is 11.1. The van der Waals surface area contributed by atoms with E-state index in [1.54, 1.807) is 12.5 Å². The third-order valence-electron chi connectivity index (χ3n) is 3.23. The molecule has 0 fully saturated rings. The summed E-state index contributed by atoms with van der Waals surface area (Å²) in [5, 5.41) is 0. The van der Waals surface area contributed by atoms with E-state index in [1.165, 1.54) is 3.57 Å². The Labute approximate surface area is 134 Å². The second-order valence-corrected chi connectivity index (χ2v) is 5.86. The lowest BCUT2D eigenvalue weighted by atomic mass is 10.2. The van der Waals surface area contributed by atoms with Crippen molar-refractivity contribution in [1.82, 2.24) is 23.9 Å². The number of pyridine rings is 2. The van der Waals surface area contributed by atoms with Gasteiger partial charge in [-0.15, -0.1) is 0 Å². The summed E-state index contributed by atoms with van der Waals surface area (Å²) >= 11 is 2.29. The minimum absolute atomic E-state index is 0.842. The van der Waals surface area contributed by atoms with Gasteiger partial charge in [0, 0.05) is 40.1 Å². The minimum Gasteiger partial charge on any atom is -0.305 e. The minimum atomic E-state index is 0.842. The van der Waals surface area contributed by atoms with E-state index in [2.05, 4.69) is 43.7 Å². The van der Waals surface area contributed by atoms with Gasteiger partial charge in [-0.2, -0.15) is 0 Å². The predicted octanol–water partition coefficient (Wildman–Crippen LogP) is 3.19. The van der Waals surface area contributed by atoms with Crippen LogP contribution in [0.25, 0.3) is 22.7 Å². The molecule has 0 N–H and O–H groups in total. The highest BCUT2D eigenvalue weighted by molar-refractivity contribution is 14.1. The van der Waals surface area contributed by atoms with E-state index in [0.29, 0.717) is 0 Å². The van der Waals surface area contributed by atoms with Gasteiger partial charge < -0.3 is 4.40 Å². The smallest absolute Gasteiger partial charge is 0.137 e. The Morgan fingerprint density at radius 3 is 2.76 bits per heavy atom. The molecule has 0 unspecified atom stereocenters. The van der Waals surface area contributed by atoms with Crippen molar-refractivity contribution < 1.29 is 0 Å².